The third-order valence-electron chi connectivity index (χ3n) is 2.90. The van der Waals surface area contributed by atoms with Crippen LogP contribution in [0.4, 0.5) is 0 Å². The predicted octanol–water partition coefficient (Wildman–Crippen LogP) is 2.62. The molecule has 0 aliphatic rings. The van der Waals surface area contributed by atoms with Crippen LogP contribution in [-0.2, 0) is 20.0 Å². The Morgan fingerprint density at radius 2 is 1.50 bits per heavy atom. The van der Waals surface area contributed by atoms with Crippen molar-refractivity contribution in [2.24, 2.45) is 0 Å². The third-order valence-corrected chi connectivity index (χ3v) is 6.89. The molecule has 8 heteroatoms. The maximum Gasteiger partial charge on any atom is 0.255 e. The van der Waals surface area contributed by atoms with E-state index in [1.54, 1.807) is 30.1 Å². The van der Waals surface area contributed by atoms with E-state index in [1.165, 1.54) is 30.3 Å². The van der Waals surface area contributed by atoms with Gasteiger partial charge in [-0.1, -0.05) is 29.8 Å². The van der Waals surface area contributed by atoms with Gasteiger partial charge in [0.05, 0.1) is 9.92 Å². The Balaban J connectivity index is 2.44. The molecule has 0 heterocycles. The Hall–Kier alpha value is -1.41. The summed E-state index contributed by atoms with van der Waals surface area (Å²) in [5.41, 5.74) is 1.47. The highest BCUT2D eigenvalue weighted by Gasteiger charge is 2.26. The molecule has 0 saturated heterocycles. The molecule has 118 valence electrons. The summed E-state index contributed by atoms with van der Waals surface area (Å²) in [6.45, 7) is 3.46. The fourth-order valence-corrected chi connectivity index (χ4v) is 5.44. The van der Waals surface area contributed by atoms with Crippen molar-refractivity contribution in [1.82, 2.24) is 4.13 Å². The van der Waals surface area contributed by atoms with Crippen molar-refractivity contribution in [2.45, 2.75) is 23.6 Å². The summed E-state index contributed by atoms with van der Waals surface area (Å²) in [7, 11) is -8.51. The first-order valence-corrected chi connectivity index (χ1v) is 9.58. The van der Waals surface area contributed by atoms with Crippen LogP contribution >= 0.6 is 11.6 Å². The second-order valence-electron chi connectivity index (χ2n) is 4.84. The van der Waals surface area contributed by atoms with Gasteiger partial charge in [-0.15, -0.1) is 4.13 Å². The second kappa shape index (κ2) is 6.00. The molecule has 0 spiro atoms. The van der Waals surface area contributed by atoms with Crippen LogP contribution < -0.4 is 4.13 Å². The van der Waals surface area contributed by atoms with Crippen molar-refractivity contribution >= 4 is 31.6 Å². The number of hydrogen-bond acceptors (Lipinski definition) is 4. The highest BCUT2D eigenvalue weighted by Crippen LogP contribution is 2.23. The Kier molecular flexibility index (Phi) is 4.62. The van der Waals surface area contributed by atoms with Crippen molar-refractivity contribution in [3.63, 3.8) is 0 Å². The maximum atomic E-state index is 12.3. The third kappa shape index (κ3) is 3.67. The quantitative estimate of drug-likeness (QED) is 0.909. The molecule has 5 nitrogen and oxygen atoms in total. The van der Waals surface area contributed by atoms with E-state index < -0.39 is 20.0 Å². The zero-order valence-corrected chi connectivity index (χ0v) is 14.3. The fourth-order valence-electron chi connectivity index (χ4n) is 1.84. The first-order chi connectivity index (χ1) is 10.1. The molecule has 2 aromatic carbocycles. The number of sulfonamides is 2. The van der Waals surface area contributed by atoms with E-state index in [1.807, 2.05) is 0 Å². The second-order valence-corrected chi connectivity index (χ2v) is 8.84. The Morgan fingerprint density at radius 3 is 2.09 bits per heavy atom. The summed E-state index contributed by atoms with van der Waals surface area (Å²) in [5.74, 6) is 0. The topological polar surface area (TPSA) is 80.3 Å². The molecule has 0 saturated carbocycles. The minimum Gasteiger partial charge on any atom is -0.206 e. The van der Waals surface area contributed by atoms with Crippen LogP contribution in [-0.4, -0.2) is 16.8 Å². The molecule has 2 aromatic rings. The Morgan fingerprint density at radius 1 is 0.864 bits per heavy atom. The van der Waals surface area contributed by atoms with Crippen LogP contribution in [0.3, 0.4) is 0 Å². The summed E-state index contributed by atoms with van der Waals surface area (Å²) in [4.78, 5) is -0.407. The lowest BCUT2D eigenvalue weighted by atomic mass is 10.2. The molecule has 0 bridgehead atoms. The van der Waals surface area contributed by atoms with E-state index in [0.29, 0.717) is 5.56 Å². The predicted molar refractivity (Wildman–Crippen MR) is 84.9 cm³/mol. The van der Waals surface area contributed by atoms with Crippen molar-refractivity contribution in [1.29, 1.82) is 0 Å². The fraction of sp³-hybridized carbons (Fsp3) is 0.143. The van der Waals surface area contributed by atoms with Crippen LogP contribution in [0.2, 0.25) is 5.02 Å². The molecule has 0 fully saturated rings. The average molecular weight is 360 g/mol. The monoisotopic (exact) mass is 359 g/mol. The van der Waals surface area contributed by atoms with Crippen LogP contribution in [0, 0.1) is 13.8 Å². The largest absolute Gasteiger partial charge is 0.255 e. The van der Waals surface area contributed by atoms with E-state index in [0.717, 1.165) is 5.56 Å². The number of benzene rings is 2. The van der Waals surface area contributed by atoms with Crippen LogP contribution in [0.5, 0.6) is 0 Å². The summed E-state index contributed by atoms with van der Waals surface area (Å²) in [6, 6.07) is 10.2. The molecule has 0 atom stereocenters. The summed E-state index contributed by atoms with van der Waals surface area (Å²) in [6.07, 6.45) is 0. The molecule has 0 aromatic heterocycles. The van der Waals surface area contributed by atoms with Crippen LogP contribution in [0.25, 0.3) is 0 Å². The van der Waals surface area contributed by atoms with Gasteiger partial charge in [-0.2, -0.15) is 0 Å². The SMILES string of the molecule is Cc1cccc(S(=O)(=O)NS(=O)(=O)c2ccc(C)cc2Cl)c1. The molecule has 0 amide bonds. The van der Waals surface area contributed by atoms with Gasteiger partial charge in [0.1, 0.15) is 4.90 Å². The van der Waals surface area contributed by atoms with Crippen molar-refractivity contribution in [2.75, 3.05) is 0 Å². The van der Waals surface area contributed by atoms with Gasteiger partial charge in [-0.05, 0) is 49.2 Å². The van der Waals surface area contributed by atoms with Crippen LogP contribution in [0.1, 0.15) is 11.1 Å². The van der Waals surface area contributed by atoms with Gasteiger partial charge in [-0.25, -0.2) is 16.8 Å². The number of aryl methyl sites for hydroxylation is 2. The smallest absolute Gasteiger partial charge is 0.206 e. The first-order valence-electron chi connectivity index (χ1n) is 6.23. The van der Waals surface area contributed by atoms with Crippen molar-refractivity contribution < 1.29 is 16.8 Å². The van der Waals surface area contributed by atoms with Crippen LogP contribution in [0.15, 0.2) is 52.3 Å². The minimum absolute atomic E-state index is 0.0352. The lowest BCUT2D eigenvalue weighted by Crippen LogP contribution is -2.31. The number of nitrogens with one attached hydrogen (secondary N) is 1. The van der Waals surface area contributed by atoms with Gasteiger partial charge < -0.3 is 0 Å². The normalized spacial score (nSPS) is 12.3. The number of hydrogen-bond donors (Lipinski definition) is 1. The van der Waals surface area contributed by atoms with Gasteiger partial charge in [0, 0.05) is 0 Å². The Labute approximate surface area is 135 Å². The molecule has 0 aliphatic heterocycles. The maximum absolute atomic E-state index is 12.3. The molecule has 0 unspecified atom stereocenters. The highest BCUT2D eigenvalue weighted by atomic mass is 35.5. The molecule has 2 rings (SSSR count). The highest BCUT2D eigenvalue weighted by molar-refractivity contribution is 8.04. The van der Waals surface area contributed by atoms with Gasteiger partial charge in [0.2, 0.25) is 0 Å². The van der Waals surface area contributed by atoms with E-state index >= 15 is 0 Å². The summed E-state index contributed by atoms with van der Waals surface area (Å²) < 4.78 is 50.7. The zero-order chi connectivity index (χ0) is 16.5. The minimum atomic E-state index is -4.30. The zero-order valence-electron chi connectivity index (χ0n) is 11.9. The van der Waals surface area contributed by atoms with E-state index in [4.69, 9.17) is 11.6 Å². The number of rotatable bonds is 4. The molecule has 22 heavy (non-hydrogen) atoms. The van der Waals surface area contributed by atoms with Gasteiger partial charge >= 0.3 is 0 Å². The van der Waals surface area contributed by atoms with E-state index in [9.17, 15) is 16.8 Å². The average Bonchev–Trinajstić information content (AvgIpc) is 2.36. The van der Waals surface area contributed by atoms with Gasteiger partial charge in [0.25, 0.3) is 20.0 Å². The number of halogens is 1. The molecule has 0 aliphatic carbocycles. The molecule has 1 N–H and O–H groups in total. The van der Waals surface area contributed by atoms with Gasteiger partial charge in [0.15, 0.2) is 0 Å². The molecule has 0 radical (unpaired) electrons. The molecular formula is C14H14ClNO4S2. The Bertz CT molecular complexity index is 922. The molecular weight excluding hydrogens is 346 g/mol. The standard InChI is InChI=1S/C14H14ClNO4S2/c1-10-4-3-5-12(8-10)21(17,18)16-22(19,20)14-7-6-11(2)9-13(14)15/h3-9,16H,1-2H3. The lowest BCUT2D eigenvalue weighted by Gasteiger charge is -2.10. The van der Waals surface area contributed by atoms with E-state index in [2.05, 4.69) is 0 Å². The van der Waals surface area contributed by atoms with Crippen molar-refractivity contribution in [3.8, 4) is 0 Å². The van der Waals surface area contributed by atoms with E-state index in [-0.39, 0.29) is 14.8 Å². The lowest BCUT2D eigenvalue weighted by molar-refractivity contribution is 0.577. The summed E-state index contributed by atoms with van der Waals surface area (Å²) in [5, 5.41) is -0.0352. The van der Waals surface area contributed by atoms with Crippen molar-refractivity contribution in [3.05, 3.63) is 58.6 Å². The summed E-state index contributed by atoms with van der Waals surface area (Å²) >= 11 is 5.90. The van der Waals surface area contributed by atoms with Gasteiger partial charge in [-0.3, -0.25) is 0 Å². The first kappa shape index (κ1) is 17.0.